The first kappa shape index (κ1) is 6.89. The molecule has 1 amide bonds. The number of thiol groups is 1. The molecular formula is C5H10N2OS. The third kappa shape index (κ3) is 1.04. The SMILES string of the molecule is CC1(NS)CCNC1=O. The lowest BCUT2D eigenvalue weighted by Gasteiger charge is -2.17. The van der Waals surface area contributed by atoms with E-state index in [1.807, 2.05) is 6.92 Å². The van der Waals surface area contributed by atoms with Gasteiger partial charge in [-0.15, -0.1) is 0 Å². The van der Waals surface area contributed by atoms with Gasteiger partial charge in [0.1, 0.15) is 5.54 Å². The average Bonchev–Trinajstić information content (AvgIpc) is 2.15. The van der Waals surface area contributed by atoms with Crippen LogP contribution in [0.4, 0.5) is 0 Å². The van der Waals surface area contributed by atoms with E-state index < -0.39 is 5.54 Å². The van der Waals surface area contributed by atoms with Gasteiger partial charge in [0, 0.05) is 6.54 Å². The fraction of sp³-hybridized carbons (Fsp3) is 0.800. The van der Waals surface area contributed by atoms with Crippen molar-refractivity contribution >= 4 is 18.7 Å². The smallest absolute Gasteiger partial charge is 0.240 e. The summed E-state index contributed by atoms with van der Waals surface area (Å²) in [7, 11) is 0. The lowest BCUT2D eigenvalue weighted by molar-refractivity contribution is -0.123. The van der Waals surface area contributed by atoms with E-state index in [-0.39, 0.29) is 5.91 Å². The van der Waals surface area contributed by atoms with E-state index in [9.17, 15) is 4.79 Å². The summed E-state index contributed by atoms with van der Waals surface area (Å²) in [6.45, 7) is 2.59. The summed E-state index contributed by atoms with van der Waals surface area (Å²) in [5, 5.41) is 2.71. The number of carbonyl (C=O) groups excluding carboxylic acids is 1. The molecule has 0 aromatic rings. The van der Waals surface area contributed by atoms with Crippen LogP contribution in [-0.4, -0.2) is 18.0 Å². The molecule has 0 aromatic carbocycles. The summed E-state index contributed by atoms with van der Waals surface area (Å²) in [5.41, 5.74) is -0.441. The summed E-state index contributed by atoms with van der Waals surface area (Å²) in [6, 6.07) is 0. The van der Waals surface area contributed by atoms with Gasteiger partial charge in [-0.2, -0.15) is 0 Å². The third-order valence-electron chi connectivity index (χ3n) is 1.66. The Bertz CT molecular complexity index is 139. The minimum atomic E-state index is -0.441. The first-order valence-corrected chi connectivity index (χ1v) is 3.33. The Kier molecular flexibility index (Phi) is 1.68. The molecule has 0 radical (unpaired) electrons. The third-order valence-corrected chi connectivity index (χ3v) is 2.15. The molecule has 4 heteroatoms. The maximum Gasteiger partial charge on any atom is 0.240 e. The Morgan fingerprint density at radius 2 is 2.56 bits per heavy atom. The zero-order chi connectivity index (χ0) is 6.91. The van der Waals surface area contributed by atoms with Crippen LogP contribution in [0.5, 0.6) is 0 Å². The van der Waals surface area contributed by atoms with Crippen LogP contribution in [0, 0.1) is 0 Å². The molecule has 1 aliphatic heterocycles. The molecule has 0 aromatic heterocycles. The Morgan fingerprint density at radius 3 is 2.78 bits per heavy atom. The van der Waals surface area contributed by atoms with Crippen molar-refractivity contribution in [3.63, 3.8) is 0 Å². The van der Waals surface area contributed by atoms with Gasteiger partial charge in [0.15, 0.2) is 0 Å². The molecule has 0 bridgehead atoms. The second-order valence-electron chi connectivity index (χ2n) is 2.45. The van der Waals surface area contributed by atoms with E-state index in [1.54, 1.807) is 0 Å². The normalized spacial score (nSPS) is 34.7. The van der Waals surface area contributed by atoms with Crippen molar-refractivity contribution < 1.29 is 4.79 Å². The van der Waals surface area contributed by atoms with E-state index >= 15 is 0 Å². The predicted octanol–water partition coefficient (Wildman–Crippen LogP) is -0.301. The number of amides is 1. The van der Waals surface area contributed by atoms with Crippen molar-refractivity contribution in [2.75, 3.05) is 6.54 Å². The number of nitrogens with one attached hydrogen (secondary N) is 2. The van der Waals surface area contributed by atoms with E-state index in [2.05, 4.69) is 22.9 Å². The summed E-state index contributed by atoms with van der Waals surface area (Å²) in [6.07, 6.45) is 0.815. The van der Waals surface area contributed by atoms with E-state index in [1.165, 1.54) is 0 Å². The number of carbonyl (C=O) groups is 1. The van der Waals surface area contributed by atoms with Crippen molar-refractivity contribution in [3.05, 3.63) is 0 Å². The molecule has 1 unspecified atom stereocenters. The van der Waals surface area contributed by atoms with Crippen LogP contribution in [0.15, 0.2) is 0 Å². The molecule has 1 aliphatic rings. The van der Waals surface area contributed by atoms with Gasteiger partial charge in [0.25, 0.3) is 0 Å². The lowest BCUT2D eigenvalue weighted by Crippen LogP contribution is -2.43. The quantitative estimate of drug-likeness (QED) is 0.444. The van der Waals surface area contributed by atoms with Gasteiger partial charge in [-0.3, -0.25) is 9.52 Å². The van der Waals surface area contributed by atoms with Gasteiger partial charge in [0.05, 0.1) is 0 Å². The van der Waals surface area contributed by atoms with Crippen molar-refractivity contribution in [1.82, 2.24) is 10.0 Å². The van der Waals surface area contributed by atoms with Gasteiger partial charge in [-0.05, 0) is 13.3 Å². The zero-order valence-electron chi connectivity index (χ0n) is 5.27. The molecular weight excluding hydrogens is 136 g/mol. The van der Waals surface area contributed by atoms with E-state index in [0.29, 0.717) is 0 Å². The van der Waals surface area contributed by atoms with Gasteiger partial charge in [0.2, 0.25) is 5.91 Å². The van der Waals surface area contributed by atoms with Crippen molar-refractivity contribution in [1.29, 1.82) is 0 Å². The topological polar surface area (TPSA) is 41.1 Å². The van der Waals surface area contributed by atoms with E-state index in [4.69, 9.17) is 0 Å². The molecule has 1 fully saturated rings. The largest absolute Gasteiger partial charge is 0.354 e. The van der Waals surface area contributed by atoms with Crippen LogP contribution in [0.3, 0.4) is 0 Å². The first-order valence-electron chi connectivity index (χ1n) is 2.88. The molecule has 3 nitrogen and oxygen atoms in total. The van der Waals surface area contributed by atoms with Crippen molar-refractivity contribution in [2.24, 2.45) is 0 Å². The first-order chi connectivity index (χ1) is 4.19. The molecule has 0 aliphatic carbocycles. The molecule has 1 saturated heterocycles. The number of hydrogen-bond acceptors (Lipinski definition) is 3. The summed E-state index contributed by atoms with van der Waals surface area (Å²) in [4.78, 5) is 10.9. The fourth-order valence-electron chi connectivity index (χ4n) is 0.841. The standard InChI is InChI=1S/C5H10N2OS/c1-5(7-9)2-3-6-4(5)8/h7,9H,2-3H2,1H3,(H,6,8). The Hall–Kier alpha value is -0.220. The van der Waals surface area contributed by atoms with Gasteiger partial charge >= 0.3 is 0 Å². The maximum atomic E-state index is 10.9. The lowest BCUT2D eigenvalue weighted by atomic mass is 10.0. The van der Waals surface area contributed by atoms with Crippen LogP contribution < -0.4 is 10.0 Å². The highest BCUT2D eigenvalue weighted by Crippen LogP contribution is 2.14. The zero-order valence-corrected chi connectivity index (χ0v) is 6.16. The molecule has 9 heavy (non-hydrogen) atoms. The fourth-order valence-corrected chi connectivity index (χ4v) is 1.05. The maximum absolute atomic E-state index is 10.9. The van der Waals surface area contributed by atoms with Gasteiger partial charge in [-0.1, -0.05) is 12.8 Å². The summed E-state index contributed by atoms with van der Waals surface area (Å²) < 4.78 is 2.67. The Labute approximate surface area is 59.7 Å². The number of hydrogen-bond donors (Lipinski definition) is 3. The van der Waals surface area contributed by atoms with Crippen molar-refractivity contribution in [2.45, 2.75) is 18.9 Å². The Balaban J connectivity index is 2.67. The summed E-state index contributed by atoms with van der Waals surface area (Å²) >= 11 is 3.85. The molecule has 0 spiro atoms. The number of rotatable bonds is 1. The van der Waals surface area contributed by atoms with Gasteiger partial charge in [-0.25, -0.2) is 0 Å². The molecule has 1 heterocycles. The average molecular weight is 146 g/mol. The minimum absolute atomic E-state index is 0.0394. The Morgan fingerprint density at radius 1 is 1.89 bits per heavy atom. The van der Waals surface area contributed by atoms with Crippen molar-refractivity contribution in [3.8, 4) is 0 Å². The predicted molar refractivity (Wildman–Crippen MR) is 38.2 cm³/mol. The highest BCUT2D eigenvalue weighted by atomic mass is 32.1. The molecule has 1 atom stereocenters. The highest BCUT2D eigenvalue weighted by Gasteiger charge is 2.36. The van der Waals surface area contributed by atoms with Crippen LogP contribution in [0.2, 0.25) is 0 Å². The monoisotopic (exact) mass is 146 g/mol. The van der Waals surface area contributed by atoms with Gasteiger partial charge < -0.3 is 5.32 Å². The summed E-state index contributed by atoms with van der Waals surface area (Å²) in [5.74, 6) is 0.0394. The van der Waals surface area contributed by atoms with Crippen LogP contribution in [0.1, 0.15) is 13.3 Å². The molecule has 0 saturated carbocycles. The molecule has 52 valence electrons. The van der Waals surface area contributed by atoms with Crippen LogP contribution in [0.25, 0.3) is 0 Å². The molecule has 2 N–H and O–H groups in total. The second-order valence-corrected chi connectivity index (χ2v) is 2.67. The molecule has 1 rings (SSSR count). The van der Waals surface area contributed by atoms with E-state index in [0.717, 1.165) is 13.0 Å². The van der Waals surface area contributed by atoms with Crippen LogP contribution in [-0.2, 0) is 4.79 Å². The second kappa shape index (κ2) is 2.19. The van der Waals surface area contributed by atoms with Crippen LogP contribution >= 0.6 is 12.8 Å². The highest BCUT2D eigenvalue weighted by molar-refractivity contribution is 7.78. The minimum Gasteiger partial charge on any atom is -0.354 e.